The number of benzene rings is 1. The van der Waals surface area contributed by atoms with Gasteiger partial charge < -0.3 is 5.73 Å². The topological polar surface area (TPSA) is 72.2 Å². The van der Waals surface area contributed by atoms with E-state index in [1.807, 2.05) is 6.92 Å². The fraction of sp³-hybridized carbons (Fsp3) is 0.571. The predicted octanol–water partition coefficient (Wildman–Crippen LogP) is 2.46. The van der Waals surface area contributed by atoms with Crippen molar-refractivity contribution in [3.05, 3.63) is 23.3 Å². The first-order valence-electron chi connectivity index (χ1n) is 6.52. The van der Waals surface area contributed by atoms with Crippen molar-refractivity contribution in [2.24, 2.45) is 11.8 Å². The first-order chi connectivity index (χ1) is 8.66. The highest BCUT2D eigenvalue weighted by Crippen LogP contribution is 2.24. The van der Waals surface area contributed by atoms with Crippen LogP contribution in [0.2, 0.25) is 0 Å². The Morgan fingerprint density at radius 3 is 2.32 bits per heavy atom. The van der Waals surface area contributed by atoms with Gasteiger partial charge in [-0.1, -0.05) is 26.8 Å². The van der Waals surface area contributed by atoms with E-state index in [4.69, 9.17) is 5.73 Å². The number of hydrogen-bond donors (Lipinski definition) is 2. The molecule has 0 aliphatic heterocycles. The minimum atomic E-state index is -3.50. The molecule has 0 heterocycles. The molecule has 19 heavy (non-hydrogen) atoms. The molecule has 0 saturated heterocycles. The van der Waals surface area contributed by atoms with E-state index in [0.29, 0.717) is 28.6 Å². The average Bonchev–Trinajstić information content (AvgIpc) is 2.31. The lowest BCUT2D eigenvalue weighted by Gasteiger charge is -2.18. The number of anilines is 1. The molecular weight excluding hydrogens is 260 g/mol. The summed E-state index contributed by atoms with van der Waals surface area (Å²) in [5.74, 6) is 0.724. The Kier molecular flexibility index (Phi) is 4.98. The molecule has 1 rings (SSSR count). The highest BCUT2D eigenvalue weighted by atomic mass is 32.2. The maximum Gasteiger partial charge on any atom is 0.241 e. The van der Waals surface area contributed by atoms with Crippen LogP contribution in [-0.4, -0.2) is 15.0 Å². The normalized spacial score (nSPS) is 13.8. The first kappa shape index (κ1) is 16.0. The van der Waals surface area contributed by atoms with Gasteiger partial charge in [0.15, 0.2) is 0 Å². The van der Waals surface area contributed by atoms with Gasteiger partial charge in [0.25, 0.3) is 0 Å². The summed E-state index contributed by atoms with van der Waals surface area (Å²) >= 11 is 0. The number of sulfonamides is 1. The molecule has 0 aliphatic carbocycles. The minimum Gasteiger partial charge on any atom is -0.398 e. The number of nitrogen functional groups attached to an aromatic ring is 1. The van der Waals surface area contributed by atoms with Crippen LogP contribution in [0.25, 0.3) is 0 Å². The van der Waals surface area contributed by atoms with Crippen LogP contribution in [0.3, 0.4) is 0 Å². The van der Waals surface area contributed by atoms with Crippen LogP contribution in [0.1, 0.15) is 31.9 Å². The standard InChI is InChI=1S/C14H24N2O2S/c1-9(2)11(4)8-16-19(17,18)14-10(3)6-7-13(15)12(14)5/h6-7,9,11,16H,8,15H2,1-5H3. The number of aryl methyl sites for hydroxylation is 1. The van der Waals surface area contributed by atoms with Crippen molar-refractivity contribution in [2.75, 3.05) is 12.3 Å². The van der Waals surface area contributed by atoms with Gasteiger partial charge >= 0.3 is 0 Å². The van der Waals surface area contributed by atoms with Crippen LogP contribution in [0, 0.1) is 25.7 Å². The molecule has 0 spiro atoms. The number of nitrogens with one attached hydrogen (secondary N) is 1. The Bertz CT molecular complexity index is 551. The van der Waals surface area contributed by atoms with Crippen molar-refractivity contribution in [1.29, 1.82) is 0 Å². The third-order valence-corrected chi connectivity index (χ3v) is 5.36. The second-order valence-corrected chi connectivity index (χ2v) is 7.20. The van der Waals surface area contributed by atoms with Crippen LogP contribution >= 0.6 is 0 Å². The van der Waals surface area contributed by atoms with Crippen molar-refractivity contribution < 1.29 is 8.42 Å². The van der Waals surface area contributed by atoms with E-state index in [1.165, 1.54) is 0 Å². The molecule has 1 unspecified atom stereocenters. The van der Waals surface area contributed by atoms with E-state index >= 15 is 0 Å². The van der Waals surface area contributed by atoms with Crippen molar-refractivity contribution in [2.45, 2.75) is 39.5 Å². The Morgan fingerprint density at radius 2 is 1.79 bits per heavy atom. The first-order valence-corrected chi connectivity index (χ1v) is 8.00. The molecule has 0 radical (unpaired) electrons. The summed E-state index contributed by atoms with van der Waals surface area (Å²) < 4.78 is 27.5. The highest BCUT2D eigenvalue weighted by molar-refractivity contribution is 7.89. The van der Waals surface area contributed by atoms with Gasteiger partial charge in [0.05, 0.1) is 4.90 Å². The average molecular weight is 284 g/mol. The second-order valence-electron chi connectivity index (χ2n) is 5.50. The van der Waals surface area contributed by atoms with Crippen molar-refractivity contribution in [3.8, 4) is 0 Å². The molecule has 108 valence electrons. The molecule has 0 bridgehead atoms. The molecule has 1 atom stereocenters. The largest absolute Gasteiger partial charge is 0.398 e. The summed E-state index contributed by atoms with van der Waals surface area (Å²) in [6.45, 7) is 10.2. The van der Waals surface area contributed by atoms with Gasteiger partial charge in [0, 0.05) is 12.2 Å². The zero-order valence-electron chi connectivity index (χ0n) is 12.3. The van der Waals surface area contributed by atoms with Crippen LogP contribution in [0.15, 0.2) is 17.0 Å². The molecule has 3 N–H and O–H groups in total. The summed E-state index contributed by atoms with van der Waals surface area (Å²) in [5, 5.41) is 0. The lowest BCUT2D eigenvalue weighted by molar-refractivity contribution is 0.414. The van der Waals surface area contributed by atoms with Gasteiger partial charge in [-0.25, -0.2) is 13.1 Å². The molecule has 0 saturated carbocycles. The van der Waals surface area contributed by atoms with Gasteiger partial charge in [-0.2, -0.15) is 0 Å². The molecular formula is C14H24N2O2S. The molecule has 1 aromatic rings. The van der Waals surface area contributed by atoms with Crippen molar-refractivity contribution >= 4 is 15.7 Å². The Morgan fingerprint density at radius 1 is 1.21 bits per heavy atom. The zero-order valence-corrected chi connectivity index (χ0v) is 13.1. The quantitative estimate of drug-likeness (QED) is 0.816. The smallest absolute Gasteiger partial charge is 0.241 e. The minimum absolute atomic E-state index is 0.288. The molecule has 0 aromatic heterocycles. The van der Waals surface area contributed by atoms with E-state index in [-0.39, 0.29) is 5.92 Å². The molecule has 1 aromatic carbocycles. The Labute approximate surface area is 116 Å². The van der Waals surface area contributed by atoms with E-state index in [9.17, 15) is 8.42 Å². The summed E-state index contributed by atoms with van der Waals surface area (Å²) in [4.78, 5) is 0.309. The lowest BCUT2D eigenvalue weighted by Crippen LogP contribution is -2.31. The van der Waals surface area contributed by atoms with Crippen LogP contribution < -0.4 is 10.5 Å². The van der Waals surface area contributed by atoms with Crippen LogP contribution in [0.4, 0.5) is 5.69 Å². The van der Waals surface area contributed by atoms with Gasteiger partial charge in [0.2, 0.25) is 10.0 Å². The Balaban J connectivity index is 3.05. The van der Waals surface area contributed by atoms with E-state index in [1.54, 1.807) is 26.0 Å². The number of hydrogen-bond acceptors (Lipinski definition) is 3. The fourth-order valence-corrected chi connectivity index (χ4v) is 3.44. The molecule has 0 fully saturated rings. The lowest BCUT2D eigenvalue weighted by atomic mass is 9.99. The van der Waals surface area contributed by atoms with Crippen LogP contribution in [0.5, 0.6) is 0 Å². The summed E-state index contributed by atoms with van der Waals surface area (Å²) in [6, 6.07) is 3.48. The highest BCUT2D eigenvalue weighted by Gasteiger charge is 2.21. The fourth-order valence-electron chi connectivity index (χ4n) is 1.80. The molecule has 5 heteroatoms. The summed E-state index contributed by atoms with van der Waals surface area (Å²) in [7, 11) is -3.50. The number of nitrogens with two attached hydrogens (primary N) is 1. The van der Waals surface area contributed by atoms with Gasteiger partial charge in [-0.3, -0.25) is 0 Å². The molecule has 4 nitrogen and oxygen atoms in total. The van der Waals surface area contributed by atoms with Crippen LogP contribution in [-0.2, 0) is 10.0 Å². The van der Waals surface area contributed by atoms with Crippen molar-refractivity contribution in [1.82, 2.24) is 4.72 Å². The molecule has 0 aliphatic rings. The molecule has 0 amide bonds. The second kappa shape index (κ2) is 5.92. The van der Waals surface area contributed by atoms with Gasteiger partial charge in [0.1, 0.15) is 0 Å². The summed E-state index contributed by atoms with van der Waals surface area (Å²) in [6.07, 6.45) is 0. The van der Waals surface area contributed by atoms with E-state index < -0.39 is 10.0 Å². The van der Waals surface area contributed by atoms with E-state index in [0.717, 1.165) is 5.56 Å². The predicted molar refractivity (Wildman–Crippen MR) is 79.5 cm³/mol. The maximum absolute atomic E-state index is 12.4. The maximum atomic E-state index is 12.4. The van der Waals surface area contributed by atoms with E-state index in [2.05, 4.69) is 18.6 Å². The summed E-state index contributed by atoms with van der Waals surface area (Å²) in [5.41, 5.74) is 7.64. The number of rotatable bonds is 5. The van der Waals surface area contributed by atoms with Crippen molar-refractivity contribution in [3.63, 3.8) is 0 Å². The van der Waals surface area contributed by atoms with Gasteiger partial charge in [-0.05, 0) is 42.9 Å². The zero-order chi connectivity index (χ0) is 14.8. The Hall–Kier alpha value is -1.07. The third-order valence-electron chi connectivity index (χ3n) is 3.65. The monoisotopic (exact) mass is 284 g/mol. The SMILES string of the molecule is Cc1ccc(N)c(C)c1S(=O)(=O)NCC(C)C(C)C. The third kappa shape index (κ3) is 3.70. The van der Waals surface area contributed by atoms with Gasteiger partial charge in [-0.15, -0.1) is 0 Å².